The van der Waals surface area contributed by atoms with Crippen molar-refractivity contribution in [3.05, 3.63) is 69.8 Å². The van der Waals surface area contributed by atoms with E-state index in [0.717, 1.165) is 16.5 Å². The van der Waals surface area contributed by atoms with Crippen molar-refractivity contribution < 1.29 is 24.4 Å². The van der Waals surface area contributed by atoms with Gasteiger partial charge in [-0.25, -0.2) is 9.69 Å². The van der Waals surface area contributed by atoms with E-state index in [1.54, 1.807) is 24.3 Å². The molecule has 1 unspecified atom stereocenters. The van der Waals surface area contributed by atoms with Gasteiger partial charge in [-0.3, -0.25) is 14.9 Å². The molecule has 0 aliphatic carbocycles. The van der Waals surface area contributed by atoms with E-state index in [0.29, 0.717) is 19.4 Å². The first-order chi connectivity index (χ1) is 14.0. The summed E-state index contributed by atoms with van der Waals surface area (Å²) in [6.07, 6.45) is -1.02. The lowest BCUT2D eigenvalue weighted by atomic mass is 10.1. The van der Waals surface area contributed by atoms with E-state index in [2.05, 4.69) is 0 Å². The second-order valence-corrected chi connectivity index (χ2v) is 6.99. The molecule has 4 rings (SSSR count). The molecule has 2 aliphatic heterocycles. The average Bonchev–Trinajstić information content (AvgIpc) is 3.19. The van der Waals surface area contributed by atoms with Crippen LogP contribution in [-0.2, 0) is 11.3 Å². The average molecular weight is 397 g/mol. The van der Waals surface area contributed by atoms with E-state index < -0.39 is 23.3 Å². The molecule has 9 nitrogen and oxygen atoms in total. The minimum Gasteiger partial charge on any atom is -0.444 e. The number of rotatable bonds is 3. The Balaban J connectivity index is 1.72. The summed E-state index contributed by atoms with van der Waals surface area (Å²) in [6.45, 7) is 0.416. The molecule has 1 fully saturated rings. The van der Waals surface area contributed by atoms with E-state index in [1.165, 1.54) is 17.0 Å². The van der Waals surface area contributed by atoms with E-state index in [-0.39, 0.29) is 29.5 Å². The molecule has 1 N–H and O–H groups in total. The van der Waals surface area contributed by atoms with Crippen LogP contribution in [0.3, 0.4) is 0 Å². The number of hydrogen-bond acceptors (Lipinski definition) is 6. The summed E-state index contributed by atoms with van der Waals surface area (Å²) < 4.78 is 5.36. The number of benzene rings is 2. The Kier molecular flexibility index (Phi) is 4.89. The summed E-state index contributed by atoms with van der Waals surface area (Å²) in [6, 6.07) is 12.1. The van der Waals surface area contributed by atoms with Crippen LogP contribution in [0.2, 0.25) is 0 Å². The molecule has 2 aliphatic rings. The number of nitrogens with zero attached hydrogens (tertiary/aromatic N) is 3. The fraction of sp³-hybridized carbons (Fsp3) is 0.300. The Morgan fingerprint density at radius 1 is 1.24 bits per heavy atom. The lowest BCUT2D eigenvalue weighted by molar-refractivity contribution is -0.384. The SMILES string of the molecule is O=C(OCc1ccccc1)N1c2cc([N+](=O)[O-])ccc2C(=O)N2CCC[C@H]2C1O. The van der Waals surface area contributed by atoms with Crippen molar-refractivity contribution in [3.8, 4) is 0 Å². The van der Waals surface area contributed by atoms with Crippen LogP contribution in [0.15, 0.2) is 48.5 Å². The van der Waals surface area contributed by atoms with Crippen molar-refractivity contribution in [3.63, 3.8) is 0 Å². The Morgan fingerprint density at radius 3 is 2.72 bits per heavy atom. The molecular weight excluding hydrogens is 378 g/mol. The van der Waals surface area contributed by atoms with Gasteiger partial charge in [-0.15, -0.1) is 0 Å². The number of amides is 2. The number of non-ortho nitro benzene ring substituents is 1. The fourth-order valence-electron chi connectivity index (χ4n) is 3.83. The number of anilines is 1. The highest BCUT2D eigenvalue weighted by atomic mass is 16.6. The normalized spacial score (nSPS) is 20.7. The summed E-state index contributed by atoms with van der Waals surface area (Å²) in [5, 5.41) is 22.2. The third-order valence-corrected chi connectivity index (χ3v) is 5.25. The standard InChI is InChI=1S/C20H19N3O6/c24-18-15-9-8-14(23(27)28)11-17(15)22(19(25)16-7-4-10-21(16)18)20(26)29-12-13-5-2-1-3-6-13/h1-3,5-6,8-9,11,16,19,25H,4,7,10,12H2/t16-,19?/m0/s1. The third-order valence-electron chi connectivity index (χ3n) is 5.25. The number of carbonyl (C=O) groups is 2. The maximum atomic E-state index is 13.0. The molecule has 9 heteroatoms. The Bertz CT molecular complexity index is 964. The van der Waals surface area contributed by atoms with Crippen molar-refractivity contribution in [2.24, 2.45) is 0 Å². The zero-order valence-electron chi connectivity index (χ0n) is 15.4. The highest BCUT2D eigenvalue weighted by molar-refractivity contribution is 6.05. The van der Waals surface area contributed by atoms with Crippen LogP contribution in [-0.4, -0.2) is 45.7 Å². The van der Waals surface area contributed by atoms with Crippen LogP contribution < -0.4 is 4.90 Å². The van der Waals surface area contributed by atoms with Gasteiger partial charge < -0.3 is 14.7 Å². The third kappa shape index (κ3) is 3.40. The molecule has 2 aromatic carbocycles. The van der Waals surface area contributed by atoms with Crippen LogP contribution in [0.5, 0.6) is 0 Å². The molecule has 0 aromatic heterocycles. The van der Waals surface area contributed by atoms with Gasteiger partial charge in [-0.2, -0.15) is 0 Å². The lowest BCUT2D eigenvalue weighted by Crippen LogP contribution is -2.50. The highest BCUT2D eigenvalue weighted by Crippen LogP contribution is 2.36. The topological polar surface area (TPSA) is 113 Å². The van der Waals surface area contributed by atoms with Crippen molar-refractivity contribution in [2.45, 2.75) is 31.7 Å². The number of aliphatic hydroxyl groups excluding tert-OH is 1. The molecule has 2 amide bonds. The van der Waals surface area contributed by atoms with E-state index in [4.69, 9.17) is 4.74 Å². The first kappa shape index (κ1) is 18.9. The van der Waals surface area contributed by atoms with Gasteiger partial charge in [0.1, 0.15) is 6.61 Å². The first-order valence-electron chi connectivity index (χ1n) is 9.25. The van der Waals surface area contributed by atoms with Crippen molar-refractivity contribution in [2.75, 3.05) is 11.4 Å². The molecular formula is C20H19N3O6. The van der Waals surface area contributed by atoms with Crippen LogP contribution in [0, 0.1) is 10.1 Å². The number of aliphatic hydroxyl groups is 1. The van der Waals surface area contributed by atoms with Gasteiger partial charge in [0.2, 0.25) is 0 Å². The van der Waals surface area contributed by atoms with Crippen LogP contribution in [0.4, 0.5) is 16.2 Å². The molecule has 0 saturated carbocycles. The second kappa shape index (κ2) is 7.51. The quantitative estimate of drug-likeness (QED) is 0.629. The van der Waals surface area contributed by atoms with Gasteiger partial charge in [0.15, 0.2) is 6.23 Å². The molecule has 2 aromatic rings. The maximum absolute atomic E-state index is 13.0. The Morgan fingerprint density at radius 2 is 2.00 bits per heavy atom. The molecule has 2 heterocycles. The number of fused-ring (bicyclic) bond motifs is 2. The summed E-state index contributed by atoms with van der Waals surface area (Å²) in [5.74, 6) is -0.366. The number of ether oxygens (including phenoxy) is 1. The monoisotopic (exact) mass is 397 g/mol. The number of nitro benzene ring substituents is 1. The number of hydrogen-bond donors (Lipinski definition) is 1. The summed E-state index contributed by atoms with van der Waals surface area (Å²) in [5.41, 5.74) is 0.564. The molecule has 29 heavy (non-hydrogen) atoms. The highest BCUT2D eigenvalue weighted by Gasteiger charge is 2.45. The molecule has 1 saturated heterocycles. The molecule has 150 valence electrons. The molecule has 0 spiro atoms. The number of carbonyl (C=O) groups excluding carboxylic acids is 2. The smallest absolute Gasteiger partial charge is 0.416 e. The van der Waals surface area contributed by atoms with Crippen LogP contribution >= 0.6 is 0 Å². The van der Waals surface area contributed by atoms with Crippen LogP contribution in [0.1, 0.15) is 28.8 Å². The van der Waals surface area contributed by atoms with Gasteiger partial charge in [0.25, 0.3) is 11.6 Å². The van der Waals surface area contributed by atoms with Crippen molar-refractivity contribution in [1.82, 2.24) is 4.90 Å². The summed E-state index contributed by atoms with van der Waals surface area (Å²) >= 11 is 0. The fourth-order valence-corrected chi connectivity index (χ4v) is 3.83. The van der Waals surface area contributed by atoms with Crippen molar-refractivity contribution in [1.29, 1.82) is 0 Å². The van der Waals surface area contributed by atoms with Gasteiger partial charge >= 0.3 is 6.09 Å². The van der Waals surface area contributed by atoms with Gasteiger partial charge in [0.05, 0.1) is 22.2 Å². The zero-order valence-corrected chi connectivity index (χ0v) is 15.4. The molecule has 0 radical (unpaired) electrons. The maximum Gasteiger partial charge on any atom is 0.416 e. The summed E-state index contributed by atoms with van der Waals surface area (Å²) in [4.78, 5) is 39.0. The van der Waals surface area contributed by atoms with Gasteiger partial charge in [0, 0.05) is 18.7 Å². The largest absolute Gasteiger partial charge is 0.444 e. The molecule has 2 atom stereocenters. The number of nitro groups is 1. The van der Waals surface area contributed by atoms with Crippen LogP contribution in [0.25, 0.3) is 0 Å². The van der Waals surface area contributed by atoms with Gasteiger partial charge in [-0.1, -0.05) is 30.3 Å². The first-order valence-corrected chi connectivity index (χ1v) is 9.25. The van der Waals surface area contributed by atoms with E-state index in [1.807, 2.05) is 6.07 Å². The summed E-state index contributed by atoms with van der Waals surface area (Å²) in [7, 11) is 0. The predicted molar refractivity (Wildman–Crippen MR) is 102 cm³/mol. The van der Waals surface area contributed by atoms with Gasteiger partial charge in [-0.05, 0) is 24.5 Å². The van der Waals surface area contributed by atoms with E-state index in [9.17, 15) is 24.8 Å². The zero-order chi connectivity index (χ0) is 20.5. The Hall–Kier alpha value is -3.46. The second-order valence-electron chi connectivity index (χ2n) is 6.99. The Labute approximate surface area is 166 Å². The van der Waals surface area contributed by atoms with Crippen molar-refractivity contribution >= 4 is 23.4 Å². The lowest BCUT2D eigenvalue weighted by Gasteiger charge is -2.31. The minimum absolute atomic E-state index is 0.0239. The predicted octanol–water partition coefficient (Wildman–Crippen LogP) is 2.67. The minimum atomic E-state index is -1.37. The molecule has 0 bridgehead atoms. The van der Waals surface area contributed by atoms with E-state index >= 15 is 0 Å².